The minimum Gasteiger partial charge on any atom is -0.384 e. The number of primary amides is 1. The second kappa shape index (κ2) is 5.11. The Labute approximate surface area is 96.0 Å². The van der Waals surface area contributed by atoms with E-state index in [0.29, 0.717) is 11.0 Å². The first-order valence-electron chi connectivity index (χ1n) is 4.49. The number of anilines is 1. The lowest BCUT2D eigenvalue weighted by atomic mass is 10.1. The van der Waals surface area contributed by atoms with Crippen molar-refractivity contribution in [2.24, 2.45) is 11.7 Å². The second-order valence-corrected chi connectivity index (χ2v) is 4.17. The first kappa shape index (κ1) is 12.0. The lowest BCUT2D eigenvalue weighted by Crippen LogP contribution is -2.26. The van der Waals surface area contributed by atoms with Crippen LogP contribution in [-0.2, 0) is 4.79 Å². The van der Waals surface area contributed by atoms with Crippen LogP contribution >= 0.6 is 15.9 Å². The second-order valence-electron chi connectivity index (χ2n) is 3.31. The van der Waals surface area contributed by atoms with Crippen LogP contribution in [0.3, 0.4) is 0 Å². The molecular weight excluding hydrogens is 263 g/mol. The van der Waals surface area contributed by atoms with Gasteiger partial charge in [-0.25, -0.2) is 4.39 Å². The summed E-state index contributed by atoms with van der Waals surface area (Å²) in [6, 6.07) is 4.57. The van der Waals surface area contributed by atoms with Crippen LogP contribution in [0.15, 0.2) is 22.7 Å². The molecule has 15 heavy (non-hydrogen) atoms. The van der Waals surface area contributed by atoms with E-state index in [-0.39, 0.29) is 17.6 Å². The molecule has 0 radical (unpaired) electrons. The molecule has 0 saturated heterocycles. The molecule has 0 bridgehead atoms. The first-order valence-corrected chi connectivity index (χ1v) is 5.28. The summed E-state index contributed by atoms with van der Waals surface area (Å²) in [5.74, 6) is -0.930. The minimum absolute atomic E-state index is 0.256. The highest BCUT2D eigenvalue weighted by molar-refractivity contribution is 9.10. The maximum Gasteiger partial charge on any atom is 0.222 e. The van der Waals surface area contributed by atoms with Gasteiger partial charge in [0, 0.05) is 12.2 Å². The number of carbonyl (C=O) groups excluding carboxylic acids is 1. The average molecular weight is 275 g/mol. The van der Waals surface area contributed by atoms with Gasteiger partial charge in [-0.05, 0) is 34.1 Å². The molecule has 0 aliphatic heterocycles. The Bertz CT molecular complexity index is 370. The van der Waals surface area contributed by atoms with E-state index >= 15 is 0 Å². The monoisotopic (exact) mass is 274 g/mol. The Morgan fingerprint density at radius 3 is 2.87 bits per heavy atom. The number of nitrogens with one attached hydrogen (secondary N) is 1. The lowest BCUT2D eigenvalue weighted by molar-refractivity contribution is -0.120. The largest absolute Gasteiger partial charge is 0.384 e. The Kier molecular flexibility index (Phi) is 4.08. The Morgan fingerprint density at radius 1 is 1.67 bits per heavy atom. The van der Waals surface area contributed by atoms with E-state index in [9.17, 15) is 9.18 Å². The molecule has 0 fully saturated rings. The highest BCUT2D eigenvalue weighted by Gasteiger charge is 2.08. The highest BCUT2D eigenvalue weighted by Crippen LogP contribution is 2.20. The Morgan fingerprint density at radius 2 is 2.33 bits per heavy atom. The predicted molar refractivity (Wildman–Crippen MR) is 60.9 cm³/mol. The van der Waals surface area contributed by atoms with E-state index in [2.05, 4.69) is 21.2 Å². The van der Waals surface area contributed by atoms with Crippen molar-refractivity contribution in [1.82, 2.24) is 0 Å². The van der Waals surface area contributed by atoms with E-state index in [1.165, 1.54) is 6.07 Å². The standard InChI is InChI=1S/C10H12BrFN2O/c1-6(10(13)15)5-14-7-2-3-9(12)8(11)4-7/h2-4,6,14H,5H2,1H3,(H2,13,15). The van der Waals surface area contributed by atoms with Crippen LogP contribution in [0.1, 0.15) is 6.92 Å². The molecule has 0 heterocycles. The van der Waals surface area contributed by atoms with Crippen molar-refractivity contribution in [2.75, 3.05) is 11.9 Å². The van der Waals surface area contributed by atoms with Gasteiger partial charge in [0.2, 0.25) is 5.91 Å². The zero-order chi connectivity index (χ0) is 11.4. The van der Waals surface area contributed by atoms with Crippen molar-refractivity contribution in [1.29, 1.82) is 0 Å². The average Bonchev–Trinajstić information content (AvgIpc) is 2.19. The van der Waals surface area contributed by atoms with Gasteiger partial charge < -0.3 is 11.1 Å². The molecule has 0 saturated carbocycles. The van der Waals surface area contributed by atoms with Gasteiger partial charge in [-0.3, -0.25) is 4.79 Å². The molecule has 1 aromatic rings. The number of hydrogen-bond acceptors (Lipinski definition) is 2. The van der Waals surface area contributed by atoms with Gasteiger partial charge in [0.25, 0.3) is 0 Å². The smallest absolute Gasteiger partial charge is 0.222 e. The molecule has 1 unspecified atom stereocenters. The van der Waals surface area contributed by atoms with Crippen LogP contribution in [-0.4, -0.2) is 12.5 Å². The molecule has 1 rings (SSSR count). The molecule has 82 valence electrons. The van der Waals surface area contributed by atoms with Crippen LogP contribution in [0.4, 0.5) is 10.1 Å². The molecule has 0 aliphatic carbocycles. The maximum absolute atomic E-state index is 12.9. The van der Waals surface area contributed by atoms with Crippen molar-refractivity contribution >= 4 is 27.5 Å². The third-order valence-electron chi connectivity index (χ3n) is 2.02. The van der Waals surface area contributed by atoms with Crippen molar-refractivity contribution in [3.05, 3.63) is 28.5 Å². The molecule has 1 aromatic carbocycles. The van der Waals surface area contributed by atoms with Gasteiger partial charge in [-0.2, -0.15) is 0 Å². The van der Waals surface area contributed by atoms with Crippen LogP contribution in [0.25, 0.3) is 0 Å². The van der Waals surface area contributed by atoms with Gasteiger partial charge in [0.1, 0.15) is 5.82 Å². The van der Waals surface area contributed by atoms with E-state index in [4.69, 9.17) is 5.73 Å². The number of nitrogens with two attached hydrogens (primary N) is 1. The number of carbonyl (C=O) groups is 1. The van der Waals surface area contributed by atoms with Gasteiger partial charge in [-0.1, -0.05) is 6.92 Å². The van der Waals surface area contributed by atoms with Crippen molar-refractivity contribution in [2.45, 2.75) is 6.92 Å². The van der Waals surface area contributed by atoms with Crippen LogP contribution < -0.4 is 11.1 Å². The fraction of sp³-hybridized carbons (Fsp3) is 0.300. The first-order chi connectivity index (χ1) is 7.00. The summed E-state index contributed by atoms with van der Waals surface area (Å²) in [4.78, 5) is 10.8. The topological polar surface area (TPSA) is 55.1 Å². The summed E-state index contributed by atoms with van der Waals surface area (Å²) in [5, 5.41) is 3.00. The summed E-state index contributed by atoms with van der Waals surface area (Å²) < 4.78 is 13.3. The quantitative estimate of drug-likeness (QED) is 0.884. The molecule has 0 aromatic heterocycles. The fourth-order valence-electron chi connectivity index (χ4n) is 0.978. The molecule has 5 heteroatoms. The minimum atomic E-state index is -0.358. The van der Waals surface area contributed by atoms with Gasteiger partial charge >= 0.3 is 0 Å². The van der Waals surface area contributed by atoms with Crippen molar-refractivity contribution in [3.8, 4) is 0 Å². The molecule has 0 spiro atoms. The summed E-state index contributed by atoms with van der Waals surface area (Å²) in [5.41, 5.74) is 5.85. The fourth-order valence-corrected chi connectivity index (χ4v) is 1.36. The zero-order valence-corrected chi connectivity index (χ0v) is 9.84. The molecule has 1 atom stereocenters. The van der Waals surface area contributed by atoms with E-state index in [0.717, 1.165) is 5.69 Å². The molecule has 0 aliphatic rings. The number of amides is 1. The third-order valence-corrected chi connectivity index (χ3v) is 2.63. The van der Waals surface area contributed by atoms with Crippen LogP contribution in [0.5, 0.6) is 0 Å². The molecular formula is C10H12BrFN2O. The number of halogens is 2. The van der Waals surface area contributed by atoms with Crippen molar-refractivity contribution in [3.63, 3.8) is 0 Å². The number of benzene rings is 1. The SMILES string of the molecule is CC(CNc1ccc(F)c(Br)c1)C(N)=O. The number of rotatable bonds is 4. The zero-order valence-electron chi connectivity index (χ0n) is 8.26. The summed E-state index contributed by atoms with van der Waals surface area (Å²) in [6.45, 7) is 2.17. The van der Waals surface area contributed by atoms with Gasteiger partial charge in [0.15, 0.2) is 0 Å². The Balaban J connectivity index is 2.58. The van der Waals surface area contributed by atoms with Gasteiger partial charge in [-0.15, -0.1) is 0 Å². The molecule has 3 N–H and O–H groups in total. The van der Waals surface area contributed by atoms with E-state index < -0.39 is 0 Å². The van der Waals surface area contributed by atoms with Crippen LogP contribution in [0, 0.1) is 11.7 Å². The van der Waals surface area contributed by atoms with E-state index in [1.54, 1.807) is 19.1 Å². The third kappa shape index (κ3) is 3.51. The van der Waals surface area contributed by atoms with Crippen LogP contribution in [0.2, 0.25) is 0 Å². The summed E-state index contributed by atoms with van der Waals surface area (Å²) in [7, 11) is 0. The molecule has 1 amide bonds. The predicted octanol–water partition coefficient (Wildman–Crippen LogP) is 2.12. The Hall–Kier alpha value is -1.10. The van der Waals surface area contributed by atoms with Crippen molar-refractivity contribution < 1.29 is 9.18 Å². The maximum atomic E-state index is 12.9. The van der Waals surface area contributed by atoms with E-state index in [1.807, 2.05) is 0 Å². The highest BCUT2D eigenvalue weighted by atomic mass is 79.9. The lowest BCUT2D eigenvalue weighted by Gasteiger charge is -2.10. The normalized spacial score (nSPS) is 12.2. The summed E-state index contributed by atoms with van der Waals surface area (Å²) in [6.07, 6.45) is 0. The van der Waals surface area contributed by atoms with Gasteiger partial charge in [0.05, 0.1) is 10.4 Å². The molecule has 3 nitrogen and oxygen atoms in total. The summed E-state index contributed by atoms with van der Waals surface area (Å²) >= 11 is 3.08. The number of hydrogen-bond donors (Lipinski definition) is 2.